The molecule has 0 saturated heterocycles. The van der Waals surface area contributed by atoms with Gasteiger partial charge in [0.05, 0.1) is 5.69 Å². The second-order valence-electron chi connectivity index (χ2n) is 13.7. The Morgan fingerprint density at radius 2 is 0.759 bits per heavy atom. The van der Waals surface area contributed by atoms with Crippen LogP contribution in [-0.2, 0) is 0 Å². The molecule has 0 unspecified atom stereocenters. The Kier molecular flexibility index (Phi) is 7.85. The molecule has 2 nitrogen and oxygen atoms in total. The van der Waals surface area contributed by atoms with Crippen molar-refractivity contribution >= 4 is 27.8 Å². The van der Waals surface area contributed by atoms with E-state index in [1.54, 1.807) is 0 Å². The van der Waals surface area contributed by atoms with Crippen molar-refractivity contribution in [3.8, 4) is 67.1 Å². The van der Waals surface area contributed by atoms with Gasteiger partial charge >= 0.3 is 0 Å². The third-order valence-electron chi connectivity index (χ3n) is 10.5. The van der Waals surface area contributed by atoms with Crippen molar-refractivity contribution < 1.29 is 4.74 Å². The van der Waals surface area contributed by atoms with Crippen molar-refractivity contribution in [2.45, 2.75) is 0 Å². The molecule has 0 N–H and O–H groups in total. The standard InChI is InChI=1S/C52H35NO/c1-4-13-36(14-5-1)39-23-28-44(29-24-39)53(45-30-25-40(26-31-45)37-15-6-2-7-16-37)49-21-12-22-51-52(49)48-35-42-20-11-10-19-41(42)33-46(48)47-34-43(27-32-50(47)54-51)38-17-8-3-9-18-38/h1-35H. The summed E-state index contributed by atoms with van der Waals surface area (Å²) in [6.07, 6.45) is 0. The highest BCUT2D eigenvalue weighted by molar-refractivity contribution is 6.04. The van der Waals surface area contributed by atoms with Crippen LogP contribution < -0.4 is 9.64 Å². The van der Waals surface area contributed by atoms with E-state index in [-0.39, 0.29) is 0 Å². The number of fused-ring (bicyclic) bond motifs is 6. The molecule has 2 heteroatoms. The van der Waals surface area contributed by atoms with Crippen LogP contribution in [0.2, 0.25) is 0 Å². The fraction of sp³-hybridized carbons (Fsp3) is 0. The van der Waals surface area contributed by atoms with E-state index >= 15 is 0 Å². The molecule has 9 aromatic carbocycles. The molecular weight excluding hydrogens is 655 g/mol. The molecule has 9 aromatic rings. The Morgan fingerprint density at radius 3 is 1.31 bits per heavy atom. The van der Waals surface area contributed by atoms with Crippen LogP contribution in [0.1, 0.15) is 0 Å². The summed E-state index contributed by atoms with van der Waals surface area (Å²) in [4.78, 5) is 2.37. The summed E-state index contributed by atoms with van der Waals surface area (Å²) in [6, 6.07) is 75.8. The van der Waals surface area contributed by atoms with Gasteiger partial charge in [-0.25, -0.2) is 0 Å². The molecule has 10 rings (SSSR count). The maximum atomic E-state index is 6.99. The Labute approximate surface area is 315 Å². The van der Waals surface area contributed by atoms with E-state index in [0.717, 1.165) is 56.4 Å². The summed E-state index contributed by atoms with van der Waals surface area (Å²) in [6.45, 7) is 0. The van der Waals surface area contributed by atoms with Crippen molar-refractivity contribution in [1.82, 2.24) is 0 Å². The van der Waals surface area contributed by atoms with E-state index in [1.165, 1.54) is 38.6 Å². The topological polar surface area (TPSA) is 12.5 Å². The third kappa shape index (κ3) is 5.71. The van der Waals surface area contributed by atoms with Crippen LogP contribution in [0.4, 0.5) is 17.1 Å². The van der Waals surface area contributed by atoms with Gasteiger partial charge in [-0.3, -0.25) is 0 Å². The Morgan fingerprint density at radius 1 is 0.296 bits per heavy atom. The van der Waals surface area contributed by atoms with Crippen molar-refractivity contribution in [3.63, 3.8) is 0 Å². The monoisotopic (exact) mass is 689 g/mol. The van der Waals surface area contributed by atoms with Gasteiger partial charge in [0.15, 0.2) is 0 Å². The molecule has 0 amide bonds. The first-order chi connectivity index (χ1) is 26.8. The molecule has 0 atom stereocenters. The number of hydrogen-bond donors (Lipinski definition) is 0. The molecule has 0 spiro atoms. The van der Waals surface area contributed by atoms with Gasteiger partial charge in [-0.05, 0) is 116 Å². The molecule has 1 aliphatic rings. The van der Waals surface area contributed by atoms with Gasteiger partial charge in [0, 0.05) is 22.5 Å². The summed E-state index contributed by atoms with van der Waals surface area (Å²) >= 11 is 0. The zero-order valence-corrected chi connectivity index (χ0v) is 29.6. The minimum atomic E-state index is 0.821. The van der Waals surface area contributed by atoms with Crippen molar-refractivity contribution in [2.75, 3.05) is 4.90 Å². The molecule has 0 aromatic heterocycles. The van der Waals surface area contributed by atoms with Gasteiger partial charge in [-0.1, -0.05) is 152 Å². The second kappa shape index (κ2) is 13.4. The van der Waals surface area contributed by atoms with Crippen LogP contribution in [0.25, 0.3) is 66.4 Å². The number of ether oxygens (including phenoxy) is 1. The van der Waals surface area contributed by atoms with Gasteiger partial charge in [0.1, 0.15) is 11.5 Å². The number of benzene rings is 9. The highest BCUT2D eigenvalue weighted by atomic mass is 16.5. The highest BCUT2D eigenvalue weighted by Crippen LogP contribution is 2.54. The lowest BCUT2D eigenvalue weighted by Gasteiger charge is -2.29. The van der Waals surface area contributed by atoms with Crippen LogP contribution in [-0.4, -0.2) is 0 Å². The zero-order chi connectivity index (χ0) is 35.8. The van der Waals surface area contributed by atoms with E-state index in [2.05, 4.69) is 217 Å². The Hall–Kier alpha value is -7.16. The summed E-state index contributed by atoms with van der Waals surface area (Å²) < 4.78 is 6.99. The molecule has 1 heterocycles. The van der Waals surface area contributed by atoms with Gasteiger partial charge in [0.25, 0.3) is 0 Å². The fourth-order valence-corrected chi connectivity index (χ4v) is 7.78. The maximum Gasteiger partial charge on any atom is 0.137 e. The average molecular weight is 690 g/mol. The van der Waals surface area contributed by atoms with E-state index < -0.39 is 0 Å². The van der Waals surface area contributed by atoms with Gasteiger partial charge in [0.2, 0.25) is 0 Å². The number of anilines is 3. The quantitative estimate of drug-likeness (QED) is 0.172. The van der Waals surface area contributed by atoms with Gasteiger partial charge in [-0.15, -0.1) is 0 Å². The first kappa shape index (κ1) is 31.6. The van der Waals surface area contributed by atoms with E-state index in [4.69, 9.17) is 4.74 Å². The van der Waals surface area contributed by atoms with Gasteiger partial charge in [-0.2, -0.15) is 0 Å². The molecule has 1 aliphatic heterocycles. The number of hydrogen-bond acceptors (Lipinski definition) is 2. The molecule has 0 aliphatic carbocycles. The van der Waals surface area contributed by atoms with E-state index in [1.807, 2.05) is 0 Å². The van der Waals surface area contributed by atoms with Crippen LogP contribution in [0.5, 0.6) is 11.5 Å². The highest BCUT2D eigenvalue weighted by Gasteiger charge is 2.27. The minimum absolute atomic E-state index is 0.821. The van der Waals surface area contributed by atoms with Crippen LogP contribution in [0.15, 0.2) is 212 Å². The summed E-state index contributed by atoms with van der Waals surface area (Å²) in [5.41, 5.74) is 14.6. The Balaban J connectivity index is 1.20. The predicted octanol–water partition coefficient (Wildman–Crippen LogP) is 14.8. The molecule has 0 radical (unpaired) electrons. The molecule has 254 valence electrons. The van der Waals surface area contributed by atoms with Gasteiger partial charge < -0.3 is 9.64 Å². The summed E-state index contributed by atoms with van der Waals surface area (Å²) in [7, 11) is 0. The van der Waals surface area contributed by atoms with Crippen LogP contribution in [0.3, 0.4) is 0 Å². The first-order valence-electron chi connectivity index (χ1n) is 18.4. The normalized spacial score (nSPS) is 11.5. The maximum absolute atomic E-state index is 6.99. The molecule has 0 fully saturated rings. The third-order valence-corrected chi connectivity index (χ3v) is 10.5. The summed E-state index contributed by atoms with van der Waals surface area (Å²) in [5, 5.41) is 2.38. The molecule has 54 heavy (non-hydrogen) atoms. The van der Waals surface area contributed by atoms with E-state index in [0.29, 0.717) is 0 Å². The van der Waals surface area contributed by atoms with Crippen molar-refractivity contribution in [2.24, 2.45) is 0 Å². The zero-order valence-electron chi connectivity index (χ0n) is 29.6. The minimum Gasteiger partial charge on any atom is -0.456 e. The summed E-state index contributed by atoms with van der Waals surface area (Å²) in [5.74, 6) is 1.66. The van der Waals surface area contributed by atoms with Crippen molar-refractivity contribution in [1.29, 1.82) is 0 Å². The first-order valence-corrected chi connectivity index (χ1v) is 18.4. The van der Waals surface area contributed by atoms with E-state index in [9.17, 15) is 0 Å². The smallest absolute Gasteiger partial charge is 0.137 e. The lowest BCUT2D eigenvalue weighted by molar-refractivity contribution is 0.488. The number of nitrogens with zero attached hydrogens (tertiary/aromatic N) is 1. The van der Waals surface area contributed by atoms with Crippen LogP contribution in [0, 0.1) is 0 Å². The fourth-order valence-electron chi connectivity index (χ4n) is 7.78. The molecule has 0 saturated carbocycles. The van der Waals surface area contributed by atoms with Crippen LogP contribution >= 0.6 is 0 Å². The molecular formula is C52H35NO. The predicted molar refractivity (Wildman–Crippen MR) is 226 cm³/mol. The SMILES string of the molecule is c1ccc(-c2ccc(N(c3ccc(-c4ccccc4)cc3)c3cccc4c3-c3cc5ccccc5cc3-c3cc(-c5ccccc5)ccc3O4)cc2)cc1. The number of rotatable bonds is 6. The lowest BCUT2D eigenvalue weighted by atomic mass is 9.89. The average Bonchev–Trinajstić information content (AvgIpc) is 3.38. The molecule has 0 bridgehead atoms. The largest absolute Gasteiger partial charge is 0.456 e. The Bertz CT molecular complexity index is 2670. The second-order valence-corrected chi connectivity index (χ2v) is 13.7. The lowest BCUT2D eigenvalue weighted by Crippen LogP contribution is -2.11. The van der Waals surface area contributed by atoms with Crippen molar-refractivity contribution in [3.05, 3.63) is 212 Å².